The molecule has 0 fully saturated rings. The second-order valence-corrected chi connectivity index (χ2v) is 8.25. The van der Waals surface area contributed by atoms with E-state index in [4.69, 9.17) is 4.74 Å². The first-order chi connectivity index (χ1) is 13.6. The Hall–Kier alpha value is -2.51. The molecule has 0 saturated carbocycles. The molecule has 0 saturated heterocycles. The van der Waals surface area contributed by atoms with Crippen molar-refractivity contribution in [3.05, 3.63) is 73.5 Å². The average Bonchev–Trinajstić information content (AvgIpc) is 3.23. The molecule has 5 nitrogen and oxygen atoms in total. The van der Waals surface area contributed by atoms with E-state index in [0.29, 0.717) is 21.9 Å². The van der Waals surface area contributed by atoms with Crippen molar-refractivity contribution in [2.75, 3.05) is 6.61 Å². The van der Waals surface area contributed by atoms with Crippen molar-refractivity contribution < 1.29 is 4.74 Å². The van der Waals surface area contributed by atoms with Crippen molar-refractivity contribution in [3.63, 3.8) is 0 Å². The molecular weight excluding hydrogens is 438 g/mol. The Balaban J connectivity index is 1.62. The molecule has 0 aliphatic heterocycles. The van der Waals surface area contributed by atoms with Gasteiger partial charge in [0, 0.05) is 10.0 Å². The fourth-order valence-electron chi connectivity index (χ4n) is 2.74. The fourth-order valence-corrected chi connectivity index (χ4v) is 4.06. The van der Waals surface area contributed by atoms with Crippen LogP contribution < -0.4 is 14.8 Å². The number of fused-ring (bicyclic) bond motifs is 1. The topological polar surface area (TPSA) is 56.5 Å². The monoisotopic (exact) mass is 455 g/mol. The summed E-state index contributed by atoms with van der Waals surface area (Å²) in [5, 5.41) is 4.40. The van der Waals surface area contributed by atoms with Gasteiger partial charge in [0.2, 0.25) is 4.96 Å². The molecule has 28 heavy (non-hydrogen) atoms. The quantitative estimate of drug-likeness (QED) is 0.406. The molecular formula is C21H18BrN3O2S. The molecule has 4 rings (SSSR count). The van der Waals surface area contributed by atoms with Crippen molar-refractivity contribution in [2.24, 2.45) is 0 Å². The number of nitrogens with zero attached hydrogens (tertiary/aromatic N) is 3. The molecule has 0 aliphatic carbocycles. The van der Waals surface area contributed by atoms with Crippen LogP contribution >= 0.6 is 27.3 Å². The lowest BCUT2D eigenvalue weighted by atomic mass is 10.2. The first-order valence-corrected chi connectivity index (χ1v) is 10.6. The first kappa shape index (κ1) is 18.8. The number of aromatic nitrogens is 3. The minimum absolute atomic E-state index is 0.154. The van der Waals surface area contributed by atoms with Gasteiger partial charge in [-0.25, -0.2) is 0 Å². The molecule has 2 heterocycles. The van der Waals surface area contributed by atoms with E-state index in [-0.39, 0.29) is 5.56 Å². The van der Waals surface area contributed by atoms with E-state index < -0.39 is 0 Å². The second kappa shape index (κ2) is 8.24. The predicted octanol–water partition coefficient (Wildman–Crippen LogP) is 4.31. The Morgan fingerprint density at radius 1 is 1.21 bits per heavy atom. The molecule has 0 atom stereocenters. The van der Waals surface area contributed by atoms with Crippen molar-refractivity contribution in [2.45, 2.75) is 19.8 Å². The van der Waals surface area contributed by atoms with Gasteiger partial charge in [0.25, 0.3) is 5.56 Å². The molecule has 0 aliphatic rings. The highest BCUT2D eigenvalue weighted by Crippen LogP contribution is 2.20. The molecule has 142 valence electrons. The van der Waals surface area contributed by atoms with Crippen LogP contribution in [0, 0.1) is 0 Å². The largest absolute Gasteiger partial charge is 0.494 e. The summed E-state index contributed by atoms with van der Waals surface area (Å²) in [4.78, 5) is 17.8. The molecule has 0 bridgehead atoms. The SMILES string of the molecule is CCCCOc1ccc(-c2nc3sc(=Cc4cccc(Br)c4)c(=O)n3n2)cc1. The van der Waals surface area contributed by atoms with Crippen LogP contribution in [0.15, 0.2) is 57.8 Å². The van der Waals surface area contributed by atoms with E-state index in [1.807, 2.05) is 54.6 Å². The highest BCUT2D eigenvalue weighted by Gasteiger charge is 2.12. The number of hydrogen-bond donors (Lipinski definition) is 0. The van der Waals surface area contributed by atoms with Crippen LogP contribution in [0.25, 0.3) is 22.4 Å². The zero-order valence-electron chi connectivity index (χ0n) is 15.3. The molecule has 0 unspecified atom stereocenters. The third kappa shape index (κ3) is 4.00. The molecule has 4 aromatic rings. The van der Waals surface area contributed by atoms with Gasteiger partial charge >= 0.3 is 0 Å². The van der Waals surface area contributed by atoms with Crippen LogP contribution in [0.1, 0.15) is 25.3 Å². The smallest absolute Gasteiger partial charge is 0.291 e. The van der Waals surface area contributed by atoms with Crippen molar-refractivity contribution in [3.8, 4) is 17.1 Å². The third-order valence-electron chi connectivity index (χ3n) is 4.21. The number of halogens is 1. The normalized spacial score (nSPS) is 12.0. The van der Waals surface area contributed by atoms with Gasteiger partial charge in [-0.15, -0.1) is 5.10 Å². The Bertz CT molecular complexity index is 1210. The van der Waals surface area contributed by atoms with Crippen LogP contribution in [0.3, 0.4) is 0 Å². The average molecular weight is 456 g/mol. The lowest BCUT2D eigenvalue weighted by Gasteiger charge is -2.05. The van der Waals surface area contributed by atoms with Gasteiger partial charge < -0.3 is 4.74 Å². The van der Waals surface area contributed by atoms with Crippen LogP contribution in [0.4, 0.5) is 0 Å². The zero-order chi connectivity index (χ0) is 19.5. The second-order valence-electron chi connectivity index (χ2n) is 6.33. The van der Waals surface area contributed by atoms with E-state index in [9.17, 15) is 4.79 Å². The summed E-state index contributed by atoms with van der Waals surface area (Å²) in [6.45, 7) is 2.85. The van der Waals surface area contributed by atoms with Gasteiger partial charge in [-0.1, -0.05) is 52.7 Å². The van der Waals surface area contributed by atoms with Crippen molar-refractivity contribution >= 4 is 38.3 Å². The van der Waals surface area contributed by atoms with Gasteiger partial charge in [-0.05, 0) is 54.5 Å². The fraction of sp³-hybridized carbons (Fsp3) is 0.190. The summed E-state index contributed by atoms with van der Waals surface area (Å²) >= 11 is 4.78. The Labute approximate surface area is 174 Å². The molecule has 0 N–H and O–H groups in total. The van der Waals surface area contributed by atoms with Crippen molar-refractivity contribution in [1.82, 2.24) is 14.6 Å². The lowest BCUT2D eigenvalue weighted by Crippen LogP contribution is -2.23. The van der Waals surface area contributed by atoms with Gasteiger partial charge in [0.05, 0.1) is 11.1 Å². The number of ether oxygens (including phenoxy) is 1. The van der Waals surface area contributed by atoms with Crippen molar-refractivity contribution in [1.29, 1.82) is 0 Å². The maximum Gasteiger partial charge on any atom is 0.291 e. The molecule has 2 aromatic heterocycles. The number of rotatable bonds is 6. The first-order valence-electron chi connectivity index (χ1n) is 9.04. The highest BCUT2D eigenvalue weighted by atomic mass is 79.9. The number of unbranched alkanes of at least 4 members (excludes halogenated alkanes) is 1. The zero-order valence-corrected chi connectivity index (χ0v) is 17.7. The number of thiazole rings is 1. The molecule has 0 spiro atoms. The summed E-state index contributed by atoms with van der Waals surface area (Å²) in [6.07, 6.45) is 3.99. The van der Waals surface area contributed by atoms with E-state index >= 15 is 0 Å². The summed E-state index contributed by atoms with van der Waals surface area (Å²) in [5.41, 5.74) is 1.66. The van der Waals surface area contributed by atoms with E-state index in [1.165, 1.54) is 15.9 Å². The van der Waals surface area contributed by atoms with E-state index in [0.717, 1.165) is 34.2 Å². The Morgan fingerprint density at radius 3 is 2.75 bits per heavy atom. The maximum atomic E-state index is 12.7. The van der Waals surface area contributed by atoms with Gasteiger partial charge in [0.15, 0.2) is 5.82 Å². The molecule has 7 heteroatoms. The number of benzene rings is 2. The summed E-state index contributed by atoms with van der Waals surface area (Å²) in [7, 11) is 0. The minimum atomic E-state index is -0.154. The van der Waals surface area contributed by atoms with Crippen LogP contribution in [0.5, 0.6) is 5.75 Å². The Kier molecular flexibility index (Phi) is 5.54. The van der Waals surface area contributed by atoms with Crippen LogP contribution in [0.2, 0.25) is 0 Å². The predicted molar refractivity (Wildman–Crippen MR) is 116 cm³/mol. The standard InChI is InChI=1S/C21H18BrN3O2S/c1-2-3-11-27-17-9-7-15(8-10-17)19-23-21-25(24-19)20(26)18(28-21)13-14-5-4-6-16(22)12-14/h4-10,12-13H,2-3,11H2,1H3. The minimum Gasteiger partial charge on any atom is -0.494 e. The van der Waals surface area contributed by atoms with Gasteiger partial charge in [0.1, 0.15) is 5.75 Å². The molecule has 2 aromatic carbocycles. The summed E-state index contributed by atoms with van der Waals surface area (Å²) in [6, 6.07) is 15.4. The lowest BCUT2D eigenvalue weighted by molar-refractivity contribution is 0.309. The van der Waals surface area contributed by atoms with E-state index in [2.05, 4.69) is 32.9 Å². The van der Waals surface area contributed by atoms with E-state index in [1.54, 1.807) is 0 Å². The highest BCUT2D eigenvalue weighted by molar-refractivity contribution is 9.10. The number of hydrogen-bond acceptors (Lipinski definition) is 5. The molecule has 0 amide bonds. The summed E-state index contributed by atoms with van der Waals surface area (Å²) < 4.78 is 8.63. The summed E-state index contributed by atoms with van der Waals surface area (Å²) in [5.74, 6) is 1.37. The maximum absolute atomic E-state index is 12.7. The van der Waals surface area contributed by atoms with Crippen LogP contribution in [-0.4, -0.2) is 21.2 Å². The van der Waals surface area contributed by atoms with Crippen LogP contribution in [-0.2, 0) is 0 Å². The Morgan fingerprint density at radius 2 is 2.04 bits per heavy atom. The third-order valence-corrected chi connectivity index (χ3v) is 5.66. The van der Waals surface area contributed by atoms with Gasteiger partial charge in [-0.2, -0.15) is 9.50 Å². The molecule has 0 radical (unpaired) electrons. The van der Waals surface area contributed by atoms with Gasteiger partial charge in [-0.3, -0.25) is 4.79 Å².